The molecule has 1 N–H and O–H groups in total. The van der Waals surface area contributed by atoms with Gasteiger partial charge in [-0.05, 0) is 32.6 Å². The molecule has 0 bridgehead atoms. The third-order valence-corrected chi connectivity index (χ3v) is 4.24. The maximum absolute atomic E-state index is 12.0. The molecule has 1 aliphatic heterocycles. The molecule has 0 aromatic rings. The van der Waals surface area contributed by atoms with Crippen molar-refractivity contribution in [1.29, 1.82) is 0 Å². The van der Waals surface area contributed by atoms with Crippen molar-refractivity contribution in [2.75, 3.05) is 5.88 Å². The number of carbonyl (C=O) groups is 1. The lowest BCUT2D eigenvalue weighted by Crippen LogP contribution is -2.51. The summed E-state index contributed by atoms with van der Waals surface area (Å²) in [6.07, 6.45) is 6.11. The van der Waals surface area contributed by atoms with E-state index in [0.717, 1.165) is 38.5 Å². The average Bonchev–Trinajstić information content (AvgIpc) is 2.88. The molecule has 1 heterocycles. The minimum Gasteiger partial charge on any atom is -0.365 e. The summed E-state index contributed by atoms with van der Waals surface area (Å²) < 4.78 is 5.57. The van der Waals surface area contributed by atoms with E-state index in [1.807, 2.05) is 6.92 Å². The molecule has 1 saturated heterocycles. The highest BCUT2D eigenvalue weighted by Gasteiger charge is 2.37. The number of nitrogens with one attached hydrogen (secondary N) is 1. The Kier molecular flexibility index (Phi) is 3.75. The van der Waals surface area contributed by atoms with Crippen molar-refractivity contribution in [3.05, 3.63) is 0 Å². The van der Waals surface area contributed by atoms with Crippen molar-refractivity contribution in [3.8, 4) is 0 Å². The molecular weight excluding hydrogens is 226 g/mol. The Balaban J connectivity index is 1.90. The van der Waals surface area contributed by atoms with Crippen molar-refractivity contribution in [2.45, 2.75) is 63.2 Å². The number of hydrogen-bond acceptors (Lipinski definition) is 2. The topological polar surface area (TPSA) is 38.3 Å². The molecule has 0 spiro atoms. The fourth-order valence-electron chi connectivity index (χ4n) is 2.68. The summed E-state index contributed by atoms with van der Waals surface area (Å²) in [5.74, 6) is 0.549. The van der Waals surface area contributed by atoms with E-state index >= 15 is 0 Å². The second-order valence-electron chi connectivity index (χ2n) is 5.12. The SMILES string of the molecule is CC1CCC(C(=O)NC2(CCl)CCCC2)O1. The summed E-state index contributed by atoms with van der Waals surface area (Å²) in [5.41, 5.74) is -0.159. The molecule has 1 saturated carbocycles. The molecule has 2 atom stereocenters. The lowest BCUT2D eigenvalue weighted by atomic mass is 10.00. The van der Waals surface area contributed by atoms with Crippen molar-refractivity contribution in [3.63, 3.8) is 0 Å². The summed E-state index contributed by atoms with van der Waals surface area (Å²) in [4.78, 5) is 12.0. The number of rotatable bonds is 3. The van der Waals surface area contributed by atoms with Gasteiger partial charge >= 0.3 is 0 Å². The Labute approximate surface area is 102 Å². The quantitative estimate of drug-likeness (QED) is 0.775. The van der Waals surface area contributed by atoms with Gasteiger partial charge in [0.25, 0.3) is 0 Å². The van der Waals surface area contributed by atoms with Gasteiger partial charge < -0.3 is 10.1 Å². The largest absolute Gasteiger partial charge is 0.365 e. The van der Waals surface area contributed by atoms with Crippen LogP contribution in [-0.2, 0) is 9.53 Å². The number of halogens is 1. The van der Waals surface area contributed by atoms with Crippen LogP contribution in [0.1, 0.15) is 45.4 Å². The molecule has 2 unspecified atom stereocenters. The summed E-state index contributed by atoms with van der Waals surface area (Å²) in [6.45, 7) is 2.01. The van der Waals surface area contributed by atoms with Crippen molar-refractivity contribution in [1.82, 2.24) is 5.32 Å². The Morgan fingerprint density at radius 2 is 2.12 bits per heavy atom. The van der Waals surface area contributed by atoms with Gasteiger partial charge in [-0.25, -0.2) is 0 Å². The van der Waals surface area contributed by atoms with Crippen LogP contribution in [0.3, 0.4) is 0 Å². The maximum Gasteiger partial charge on any atom is 0.249 e. The number of ether oxygens (including phenoxy) is 1. The first kappa shape index (κ1) is 12.2. The molecular formula is C12H20ClNO2. The summed E-state index contributed by atoms with van der Waals surface area (Å²) in [7, 11) is 0. The van der Waals surface area contributed by atoms with E-state index in [-0.39, 0.29) is 23.7 Å². The van der Waals surface area contributed by atoms with E-state index < -0.39 is 0 Å². The Hall–Kier alpha value is -0.280. The monoisotopic (exact) mass is 245 g/mol. The first-order valence-electron chi connectivity index (χ1n) is 6.19. The van der Waals surface area contributed by atoms with Gasteiger partial charge in [0, 0.05) is 5.88 Å². The molecule has 2 aliphatic rings. The van der Waals surface area contributed by atoms with Gasteiger partial charge in [-0.1, -0.05) is 12.8 Å². The van der Waals surface area contributed by atoms with Crippen LogP contribution in [0.2, 0.25) is 0 Å². The van der Waals surface area contributed by atoms with Crippen LogP contribution in [0.4, 0.5) is 0 Å². The van der Waals surface area contributed by atoms with Gasteiger partial charge in [0.15, 0.2) is 0 Å². The van der Waals surface area contributed by atoms with Crippen LogP contribution in [0.25, 0.3) is 0 Å². The number of alkyl halides is 1. The summed E-state index contributed by atoms with van der Waals surface area (Å²) >= 11 is 5.99. The number of hydrogen-bond donors (Lipinski definition) is 1. The molecule has 0 aromatic heterocycles. The number of amides is 1. The third kappa shape index (κ3) is 2.51. The zero-order valence-corrected chi connectivity index (χ0v) is 10.6. The molecule has 16 heavy (non-hydrogen) atoms. The Morgan fingerprint density at radius 3 is 2.62 bits per heavy atom. The van der Waals surface area contributed by atoms with E-state index in [0.29, 0.717) is 5.88 Å². The van der Waals surface area contributed by atoms with Gasteiger partial charge in [0.1, 0.15) is 6.10 Å². The first-order chi connectivity index (χ1) is 7.65. The summed E-state index contributed by atoms with van der Waals surface area (Å²) in [6, 6.07) is 0. The van der Waals surface area contributed by atoms with E-state index in [2.05, 4.69) is 5.32 Å². The van der Waals surface area contributed by atoms with Crippen LogP contribution >= 0.6 is 11.6 Å². The number of carbonyl (C=O) groups excluding carboxylic acids is 1. The molecule has 1 amide bonds. The van der Waals surface area contributed by atoms with Gasteiger partial charge in [-0.3, -0.25) is 4.79 Å². The predicted molar refractivity (Wildman–Crippen MR) is 63.6 cm³/mol. The lowest BCUT2D eigenvalue weighted by molar-refractivity contribution is -0.133. The summed E-state index contributed by atoms with van der Waals surface area (Å²) in [5, 5.41) is 3.11. The average molecular weight is 246 g/mol. The van der Waals surface area contributed by atoms with E-state index in [4.69, 9.17) is 16.3 Å². The van der Waals surface area contributed by atoms with Crippen molar-refractivity contribution in [2.24, 2.45) is 0 Å². The second-order valence-corrected chi connectivity index (χ2v) is 5.39. The second kappa shape index (κ2) is 4.92. The predicted octanol–water partition coefficient (Wildman–Crippen LogP) is 2.22. The first-order valence-corrected chi connectivity index (χ1v) is 6.72. The fraction of sp³-hybridized carbons (Fsp3) is 0.917. The van der Waals surface area contributed by atoms with Crippen molar-refractivity contribution >= 4 is 17.5 Å². The highest BCUT2D eigenvalue weighted by Crippen LogP contribution is 2.31. The normalized spacial score (nSPS) is 32.9. The van der Waals surface area contributed by atoms with Crippen molar-refractivity contribution < 1.29 is 9.53 Å². The van der Waals surface area contributed by atoms with E-state index in [1.54, 1.807) is 0 Å². The molecule has 1 aliphatic carbocycles. The van der Waals surface area contributed by atoms with Gasteiger partial charge in [0.05, 0.1) is 11.6 Å². The molecule has 0 radical (unpaired) electrons. The molecule has 0 aromatic carbocycles. The van der Waals surface area contributed by atoms with E-state index in [9.17, 15) is 4.79 Å². The van der Waals surface area contributed by atoms with Crippen LogP contribution in [-0.4, -0.2) is 29.5 Å². The smallest absolute Gasteiger partial charge is 0.249 e. The molecule has 3 nitrogen and oxygen atoms in total. The zero-order chi connectivity index (χ0) is 11.6. The van der Waals surface area contributed by atoms with E-state index in [1.165, 1.54) is 0 Å². The van der Waals surface area contributed by atoms with Crippen LogP contribution in [0.5, 0.6) is 0 Å². The van der Waals surface area contributed by atoms with Gasteiger partial charge in [0.2, 0.25) is 5.91 Å². The van der Waals surface area contributed by atoms with Crippen LogP contribution in [0.15, 0.2) is 0 Å². The lowest BCUT2D eigenvalue weighted by Gasteiger charge is -2.29. The zero-order valence-electron chi connectivity index (χ0n) is 9.80. The fourth-order valence-corrected chi connectivity index (χ4v) is 3.02. The Morgan fingerprint density at radius 1 is 1.44 bits per heavy atom. The standard InChI is InChI=1S/C12H20ClNO2/c1-9-4-5-10(16-9)11(15)14-12(8-13)6-2-3-7-12/h9-10H,2-8H2,1H3,(H,14,15). The van der Waals surface area contributed by atoms with Gasteiger partial charge in [-0.15, -0.1) is 11.6 Å². The van der Waals surface area contributed by atoms with Crippen LogP contribution < -0.4 is 5.32 Å². The Bertz CT molecular complexity index is 264. The molecule has 2 rings (SSSR count). The van der Waals surface area contributed by atoms with Crippen LogP contribution in [0, 0.1) is 0 Å². The maximum atomic E-state index is 12.0. The third-order valence-electron chi connectivity index (χ3n) is 3.73. The molecule has 4 heteroatoms. The highest BCUT2D eigenvalue weighted by molar-refractivity contribution is 6.18. The minimum absolute atomic E-state index is 0.0342. The molecule has 92 valence electrons. The minimum atomic E-state index is -0.254. The molecule has 2 fully saturated rings. The highest BCUT2D eigenvalue weighted by atomic mass is 35.5. The van der Waals surface area contributed by atoms with Gasteiger partial charge in [-0.2, -0.15) is 0 Å².